The van der Waals surface area contributed by atoms with Crippen molar-refractivity contribution in [2.45, 2.75) is 6.92 Å². The maximum Gasteiger partial charge on any atom is 0.332 e. The molecule has 0 radical (unpaired) electrons. The molecule has 27 heavy (non-hydrogen) atoms. The molecule has 136 valence electrons. The molecule has 0 unspecified atom stereocenters. The Morgan fingerprint density at radius 3 is 2.59 bits per heavy atom. The number of hydrogen-bond acceptors (Lipinski definition) is 7. The highest BCUT2D eigenvalue weighted by Crippen LogP contribution is 2.36. The molecule has 0 saturated carbocycles. The highest BCUT2D eigenvalue weighted by molar-refractivity contribution is 5.94. The van der Waals surface area contributed by atoms with Gasteiger partial charge in [-0.15, -0.1) is 10.2 Å². The number of aromatic hydroxyl groups is 1. The number of hydrogen-bond donors (Lipinski definition) is 2. The molecule has 10 nitrogen and oxygen atoms in total. The lowest BCUT2D eigenvalue weighted by atomic mass is 10.2. The normalized spacial score (nSPS) is 11.8. The summed E-state index contributed by atoms with van der Waals surface area (Å²) in [5.41, 5.74) is 0.517. The van der Waals surface area contributed by atoms with Crippen molar-refractivity contribution < 1.29 is 5.11 Å². The van der Waals surface area contributed by atoms with E-state index < -0.39 is 11.2 Å². The number of fused-ring (bicyclic) bond motifs is 2. The van der Waals surface area contributed by atoms with Crippen LogP contribution in [0.25, 0.3) is 22.1 Å². The van der Waals surface area contributed by atoms with Crippen LogP contribution < -0.4 is 11.2 Å². The zero-order valence-corrected chi connectivity index (χ0v) is 14.8. The van der Waals surface area contributed by atoms with Gasteiger partial charge >= 0.3 is 5.69 Å². The van der Waals surface area contributed by atoms with Gasteiger partial charge in [0.25, 0.3) is 5.56 Å². The molecule has 0 saturated heterocycles. The third-order valence-corrected chi connectivity index (χ3v) is 4.33. The van der Waals surface area contributed by atoms with E-state index in [4.69, 9.17) is 0 Å². The first kappa shape index (κ1) is 16.6. The van der Waals surface area contributed by atoms with Crippen LogP contribution >= 0.6 is 0 Å². The number of aromatic nitrogens is 5. The third kappa shape index (κ3) is 2.49. The number of nitrogens with one attached hydrogen (secondary N) is 1. The summed E-state index contributed by atoms with van der Waals surface area (Å²) >= 11 is 0. The van der Waals surface area contributed by atoms with Crippen LogP contribution in [-0.2, 0) is 14.1 Å². The zero-order chi connectivity index (χ0) is 19.3. The van der Waals surface area contributed by atoms with Crippen molar-refractivity contribution in [2.75, 3.05) is 0 Å². The van der Waals surface area contributed by atoms with Gasteiger partial charge in [0, 0.05) is 19.5 Å². The molecule has 0 aliphatic rings. The Morgan fingerprint density at radius 2 is 1.81 bits per heavy atom. The maximum absolute atomic E-state index is 12.3. The minimum Gasteiger partial charge on any atom is -0.493 e. The van der Waals surface area contributed by atoms with Crippen LogP contribution in [0.1, 0.15) is 5.69 Å². The molecule has 0 aliphatic heterocycles. The van der Waals surface area contributed by atoms with Crippen molar-refractivity contribution in [3.05, 3.63) is 50.8 Å². The van der Waals surface area contributed by atoms with Crippen LogP contribution in [0.4, 0.5) is 11.5 Å². The summed E-state index contributed by atoms with van der Waals surface area (Å²) in [4.78, 5) is 35.7. The molecule has 4 rings (SSSR count). The van der Waals surface area contributed by atoms with Crippen LogP contribution in [0.15, 0.2) is 44.1 Å². The Balaban J connectivity index is 1.91. The average Bonchev–Trinajstić information content (AvgIpc) is 2.98. The molecule has 0 bridgehead atoms. The Morgan fingerprint density at radius 1 is 1.07 bits per heavy atom. The van der Waals surface area contributed by atoms with Gasteiger partial charge in [-0.2, -0.15) is 0 Å². The van der Waals surface area contributed by atoms with Crippen molar-refractivity contribution in [1.82, 2.24) is 24.1 Å². The van der Waals surface area contributed by atoms with Gasteiger partial charge in [0.15, 0.2) is 22.7 Å². The van der Waals surface area contributed by atoms with E-state index in [1.807, 2.05) is 12.1 Å². The SMILES string of the molecule is Cc1nc2c(=O)n(C)c(=O)n(C)c2nc1N=Nc1c(O)[nH]c2ccccc12. The van der Waals surface area contributed by atoms with Gasteiger partial charge in [-0.25, -0.2) is 14.8 Å². The topological polar surface area (TPSA) is 131 Å². The summed E-state index contributed by atoms with van der Waals surface area (Å²) in [6.45, 7) is 1.64. The predicted octanol–water partition coefficient (Wildman–Crippen LogP) is 1.94. The fourth-order valence-electron chi connectivity index (χ4n) is 2.85. The van der Waals surface area contributed by atoms with Crippen LogP contribution in [0.3, 0.4) is 0 Å². The highest BCUT2D eigenvalue weighted by Gasteiger charge is 2.15. The molecule has 3 aromatic heterocycles. The first-order chi connectivity index (χ1) is 12.9. The lowest BCUT2D eigenvalue weighted by Gasteiger charge is -2.07. The molecule has 0 fully saturated rings. The van der Waals surface area contributed by atoms with E-state index in [2.05, 4.69) is 25.2 Å². The molecule has 0 aliphatic carbocycles. The molecule has 10 heteroatoms. The standard InChI is InChI=1S/C17H15N7O3/c1-8-13(20-14-12(18-8)16(26)24(3)17(27)23(14)2)22-21-11-9-6-4-5-7-10(9)19-15(11)25/h4-7,19,25H,1-3H3. The number of aryl methyl sites for hydroxylation is 2. The van der Waals surface area contributed by atoms with Gasteiger partial charge in [-0.1, -0.05) is 18.2 Å². The van der Waals surface area contributed by atoms with Gasteiger partial charge in [-0.05, 0) is 13.0 Å². The van der Waals surface area contributed by atoms with E-state index in [0.717, 1.165) is 10.1 Å². The monoisotopic (exact) mass is 365 g/mol. The number of H-pyrrole nitrogens is 1. The highest BCUT2D eigenvalue weighted by atomic mass is 16.3. The number of rotatable bonds is 2. The smallest absolute Gasteiger partial charge is 0.332 e. The predicted molar refractivity (Wildman–Crippen MR) is 98.9 cm³/mol. The lowest BCUT2D eigenvalue weighted by Crippen LogP contribution is -2.37. The van der Waals surface area contributed by atoms with Gasteiger partial charge < -0.3 is 10.1 Å². The van der Waals surface area contributed by atoms with Gasteiger partial charge in [-0.3, -0.25) is 13.9 Å². The molecule has 3 heterocycles. The zero-order valence-electron chi connectivity index (χ0n) is 14.8. The fraction of sp³-hybridized carbons (Fsp3) is 0.176. The minimum absolute atomic E-state index is 0.0750. The second-order valence-electron chi connectivity index (χ2n) is 6.08. The first-order valence-electron chi connectivity index (χ1n) is 8.04. The van der Waals surface area contributed by atoms with Crippen molar-refractivity contribution in [1.29, 1.82) is 0 Å². The molecular weight excluding hydrogens is 350 g/mol. The third-order valence-electron chi connectivity index (χ3n) is 4.33. The van der Waals surface area contributed by atoms with Crippen LogP contribution in [0, 0.1) is 6.92 Å². The van der Waals surface area contributed by atoms with Crippen molar-refractivity contribution in [3.63, 3.8) is 0 Å². The fourth-order valence-corrected chi connectivity index (χ4v) is 2.85. The number of azo groups is 1. The summed E-state index contributed by atoms with van der Waals surface area (Å²) in [5, 5.41) is 18.9. The average molecular weight is 365 g/mol. The largest absolute Gasteiger partial charge is 0.493 e. The molecule has 2 N–H and O–H groups in total. The summed E-state index contributed by atoms with van der Waals surface area (Å²) in [5.74, 6) is 0.0306. The second kappa shape index (κ2) is 5.87. The lowest BCUT2D eigenvalue weighted by molar-refractivity contribution is 0.459. The molecule has 1 aromatic carbocycles. The Hall–Kier alpha value is -3.82. The van der Waals surface area contributed by atoms with Crippen molar-refractivity contribution in [2.24, 2.45) is 24.3 Å². The Labute approximate surface area is 151 Å². The first-order valence-corrected chi connectivity index (χ1v) is 8.04. The summed E-state index contributed by atoms with van der Waals surface area (Å²) in [6, 6.07) is 7.26. The quantitative estimate of drug-likeness (QED) is 0.524. The van der Waals surface area contributed by atoms with Crippen molar-refractivity contribution >= 4 is 33.6 Å². The van der Waals surface area contributed by atoms with E-state index in [1.165, 1.54) is 18.7 Å². The summed E-state index contributed by atoms with van der Waals surface area (Å²) in [7, 11) is 2.88. The van der Waals surface area contributed by atoms with Gasteiger partial charge in [0.1, 0.15) is 0 Å². The van der Waals surface area contributed by atoms with Crippen LogP contribution in [0.2, 0.25) is 0 Å². The van der Waals surface area contributed by atoms with Gasteiger partial charge in [0.05, 0.1) is 11.2 Å². The van der Waals surface area contributed by atoms with Crippen molar-refractivity contribution in [3.8, 4) is 5.88 Å². The van der Waals surface area contributed by atoms with Crippen LogP contribution in [-0.4, -0.2) is 29.2 Å². The number of nitrogens with zero attached hydrogens (tertiary/aromatic N) is 6. The van der Waals surface area contributed by atoms with E-state index in [9.17, 15) is 14.7 Å². The van der Waals surface area contributed by atoms with Gasteiger partial charge in [0.2, 0.25) is 5.88 Å². The summed E-state index contributed by atoms with van der Waals surface area (Å²) in [6.07, 6.45) is 0. The molecule has 0 amide bonds. The number of aromatic amines is 1. The van der Waals surface area contributed by atoms with E-state index >= 15 is 0 Å². The Bertz CT molecular complexity index is 1360. The molecule has 4 aromatic rings. The van der Waals surface area contributed by atoms with E-state index in [-0.39, 0.29) is 28.5 Å². The summed E-state index contributed by atoms with van der Waals surface area (Å²) < 4.78 is 2.20. The number of para-hydroxylation sites is 1. The van der Waals surface area contributed by atoms with Crippen LogP contribution in [0.5, 0.6) is 5.88 Å². The molecule has 0 spiro atoms. The minimum atomic E-state index is -0.526. The maximum atomic E-state index is 12.3. The molecular formula is C17H15N7O3. The van der Waals surface area contributed by atoms with E-state index in [0.29, 0.717) is 11.1 Å². The molecule has 0 atom stereocenters. The Kier molecular flexibility index (Phi) is 3.62. The van der Waals surface area contributed by atoms with E-state index in [1.54, 1.807) is 19.1 Å². The second-order valence-corrected chi connectivity index (χ2v) is 6.08. The number of benzene rings is 1.